The highest BCUT2D eigenvalue weighted by atomic mass is 16.5. The van der Waals surface area contributed by atoms with Crippen LogP contribution in [0.15, 0.2) is 17.1 Å². The molecular formula is C17H27N3O3. The van der Waals surface area contributed by atoms with Crippen molar-refractivity contribution in [3.8, 4) is 0 Å². The van der Waals surface area contributed by atoms with Gasteiger partial charge in [-0.1, -0.05) is 20.8 Å². The maximum atomic E-state index is 12.3. The number of urea groups is 1. The highest BCUT2D eigenvalue weighted by molar-refractivity contribution is 5.89. The van der Waals surface area contributed by atoms with Gasteiger partial charge in [-0.05, 0) is 25.8 Å². The summed E-state index contributed by atoms with van der Waals surface area (Å²) in [5.41, 5.74) is 0.971. The number of aryl methyl sites for hydroxylation is 1. The molecule has 6 nitrogen and oxygen atoms in total. The summed E-state index contributed by atoms with van der Waals surface area (Å²) in [5.74, 6) is 0.267. The standard InChI is InChI=1S/C17H27N3O3/c1-6-17(7-2)13(11(4)14(17)23-5)20-16(22)19-12-8-10(3)15(21)18-9-12/h8-9,11,13-14H,6-7H2,1-5H3,(H,18,21)(H2,19,20,22)/t11-,13-,14-/m1/s1. The van der Waals surface area contributed by atoms with E-state index in [2.05, 4.69) is 36.4 Å². The second kappa shape index (κ2) is 6.74. The molecule has 23 heavy (non-hydrogen) atoms. The number of anilines is 1. The Bertz CT molecular complexity index is 622. The molecule has 0 unspecified atom stereocenters. The van der Waals surface area contributed by atoms with Gasteiger partial charge in [0.2, 0.25) is 0 Å². The molecule has 1 aromatic rings. The lowest BCUT2D eigenvalue weighted by atomic mass is 9.53. The van der Waals surface area contributed by atoms with E-state index in [0.717, 1.165) is 12.8 Å². The van der Waals surface area contributed by atoms with Gasteiger partial charge >= 0.3 is 6.03 Å². The van der Waals surface area contributed by atoms with Crippen LogP contribution < -0.4 is 16.2 Å². The van der Waals surface area contributed by atoms with Crippen molar-refractivity contribution in [3.63, 3.8) is 0 Å². The first-order valence-corrected chi connectivity index (χ1v) is 8.19. The SMILES string of the molecule is CCC1(CC)[C@H](NC(=O)Nc2c[nH]c(=O)c(C)c2)[C@@H](C)[C@H]1OC. The Kier molecular flexibility index (Phi) is 5.14. The average Bonchev–Trinajstić information content (AvgIpc) is 2.53. The quantitative estimate of drug-likeness (QED) is 0.779. The summed E-state index contributed by atoms with van der Waals surface area (Å²) in [6.07, 6.45) is 3.58. The number of H-pyrrole nitrogens is 1. The van der Waals surface area contributed by atoms with Crippen LogP contribution in [-0.2, 0) is 4.74 Å². The summed E-state index contributed by atoms with van der Waals surface area (Å²) in [4.78, 5) is 26.3. The summed E-state index contributed by atoms with van der Waals surface area (Å²) >= 11 is 0. The second-order valence-corrected chi connectivity index (χ2v) is 6.43. The minimum Gasteiger partial charge on any atom is -0.380 e. The molecule has 3 atom stereocenters. The van der Waals surface area contributed by atoms with Gasteiger partial charge in [0.05, 0.1) is 11.8 Å². The fraction of sp³-hybridized carbons (Fsp3) is 0.647. The highest BCUT2D eigenvalue weighted by Crippen LogP contribution is 2.52. The molecule has 1 saturated carbocycles. The number of nitrogens with one attached hydrogen (secondary N) is 3. The zero-order chi connectivity index (χ0) is 17.2. The van der Waals surface area contributed by atoms with E-state index in [-0.39, 0.29) is 35.1 Å². The van der Waals surface area contributed by atoms with Gasteiger partial charge in [-0.3, -0.25) is 4.79 Å². The third-order valence-electron chi connectivity index (χ3n) is 5.39. The summed E-state index contributed by atoms with van der Waals surface area (Å²) in [6.45, 7) is 8.09. The first kappa shape index (κ1) is 17.5. The van der Waals surface area contributed by atoms with Crippen LogP contribution in [0.5, 0.6) is 0 Å². The van der Waals surface area contributed by atoms with Crippen molar-refractivity contribution in [2.24, 2.45) is 11.3 Å². The number of pyridine rings is 1. The number of amides is 2. The predicted octanol–water partition coefficient (Wildman–Crippen LogP) is 2.64. The van der Waals surface area contributed by atoms with Crippen molar-refractivity contribution in [1.29, 1.82) is 0 Å². The van der Waals surface area contributed by atoms with Gasteiger partial charge in [0.15, 0.2) is 0 Å². The maximum Gasteiger partial charge on any atom is 0.319 e. The molecule has 0 aromatic carbocycles. The Hall–Kier alpha value is -1.82. The molecule has 128 valence electrons. The van der Waals surface area contributed by atoms with Crippen molar-refractivity contribution < 1.29 is 9.53 Å². The Morgan fingerprint density at radius 1 is 1.39 bits per heavy atom. The topological polar surface area (TPSA) is 83.2 Å². The smallest absolute Gasteiger partial charge is 0.319 e. The van der Waals surface area contributed by atoms with E-state index < -0.39 is 0 Å². The van der Waals surface area contributed by atoms with Gasteiger partial charge < -0.3 is 20.4 Å². The van der Waals surface area contributed by atoms with E-state index in [0.29, 0.717) is 11.3 Å². The molecule has 2 rings (SSSR count). The number of aromatic amines is 1. The molecule has 2 amide bonds. The van der Waals surface area contributed by atoms with Crippen LogP contribution in [0.2, 0.25) is 0 Å². The molecule has 1 aliphatic carbocycles. The van der Waals surface area contributed by atoms with Crippen LogP contribution in [0.4, 0.5) is 10.5 Å². The van der Waals surface area contributed by atoms with Gasteiger partial charge in [0.1, 0.15) is 0 Å². The predicted molar refractivity (Wildman–Crippen MR) is 90.7 cm³/mol. The zero-order valence-corrected chi connectivity index (χ0v) is 14.5. The molecule has 6 heteroatoms. The van der Waals surface area contributed by atoms with Crippen LogP contribution in [0.25, 0.3) is 0 Å². The van der Waals surface area contributed by atoms with Crippen molar-refractivity contribution >= 4 is 11.7 Å². The highest BCUT2D eigenvalue weighted by Gasteiger charge is 2.58. The molecule has 0 saturated heterocycles. The number of methoxy groups -OCH3 is 1. The summed E-state index contributed by atoms with van der Waals surface area (Å²) in [7, 11) is 1.74. The lowest BCUT2D eigenvalue weighted by Gasteiger charge is -2.59. The normalized spacial score (nSPS) is 25.5. The van der Waals surface area contributed by atoms with Crippen LogP contribution >= 0.6 is 0 Å². The molecule has 1 fully saturated rings. The number of carbonyl (C=O) groups excluding carboxylic acids is 1. The third kappa shape index (κ3) is 3.00. The van der Waals surface area contributed by atoms with Gasteiger partial charge in [0.25, 0.3) is 5.56 Å². The molecule has 1 heterocycles. The number of aromatic nitrogens is 1. The zero-order valence-electron chi connectivity index (χ0n) is 14.5. The van der Waals surface area contributed by atoms with Gasteiger partial charge in [0, 0.05) is 36.2 Å². The maximum absolute atomic E-state index is 12.3. The minimum absolute atomic E-state index is 0.0214. The molecule has 1 aromatic heterocycles. The van der Waals surface area contributed by atoms with Crippen LogP contribution in [0.3, 0.4) is 0 Å². The Morgan fingerprint density at radius 3 is 2.57 bits per heavy atom. The summed E-state index contributed by atoms with van der Waals surface area (Å²) in [6, 6.07) is 1.48. The monoisotopic (exact) mass is 321 g/mol. The molecule has 1 aliphatic rings. The number of ether oxygens (including phenoxy) is 1. The van der Waals surface area contributed by atoms with Crippen molar-refractivity contribution in [1.82, 2.24) is 10.3 Å². The van der Waals surface area contributed by atoms with E-state index >= 15 is 0 Å². The van der Waals surface area contributed by atoms with E-state index in [1.165, 1.54) is 6.20 Å². The first-order valence-electron chi connectivity index (χ1n) is 8.19. The van der Waals surface area contributed by atoms with E-state index in [9.17, 15) is 9.59 Å². The number of carbonyl (C=O) groups is 1. The first-order chi connectivity index (χ1) is 10.9. The molecular weight excluding hydrogens is 294 g/mol. The van der Waals surface area contributed by atoms with E-state index in [1.807, 2.05) is 0 Å². The fourth-order valence-corrected chi connectivity index (χ4v) is 4.08. The van der Waals surface area contributed by atoms with Crippen molar-refractivity contribution in [3.05, 3.63) is 28.2 Å². The van der Waals surface area contributed by atoms with Gasteiger partial charge in [-0.25, -0.2) is 4.79 Å². The molecule has 3 N–H and O–H groups in total. The Labute approximate surface area is 137 Å². The number of rotatable bonds is 5. The van der Waals surface area contributed by atoms with Gasteiger partial charge in [-0.2, -0.15) is 0 Å². The molecule has 0 radical (unpaired) electrons. The van der Waals surface area contributed by atoms with E-state index in [4.69, 9.17) is 4.74 Å². The molecule has 0 spiro atoms. The van der Waals surface area contributed by atoms with Crippen LogP contribution in [0.1, 0.15) is 39.2 Å². The Balaban J connectivity index is 2.07. The largest absolute Gasteiger partial charge is 0.380 e. The second-order valence-electron chi connectivity index (χ2n) is 6.43. The molecule has 0 aliphatic heterocycles. The van der Waals surface area contributed by atoms with Crippen molar-refractivity contribution in [2.75, 3.05) is 12.4 Å². The lowest BCUT2D eigenvalue weighted by Crippen LogP contribution is -2.70. The number of hydrogen-bond acceptors (Lipinski definition) is 3. The fourth-order valence-electron chi connectivity index (χ4n) is 4.08. The molecule has 0 bridgehead atoms. The van der Waals surface area contributed by atoms with Crippen molar-refractivity contribution in [2.45, 2.75) is 52.7 Å². The summed E-state index contributed by atoms with van der Waals surface area (Å²) in [5, 5.41) is 5.87. The van der Waals surface area contributed by atoms with Crippen LogP contribution in [-0.4, -0.2) is 30.3 Å². The van der Waals surface area contributed by atoms with Gasteiger partial charge in [-0.15, -0.1) is 0 Å². The Morgan fingerprint density at radius 2 is 2.04 bits per heavy atom. The summed E-state index contributed by atoms with van der Waals surface area (Å²) < 4.78 is 5.64. The van der Waals surface area contributed by atoms with Crippen LogP contribution in [0, 0.1) is 18.3 Å². The van der Waals surface area contributed by atoms with E-state index in [1.54, 1.807) is 20.1 Å². The lowest BCUT2D eigenvalue weighted by molar-refractivity contribution is -0.163. The third-order valence-corrected chi connectivity index (χ3v) is 5.39. The average molecular weight is 321 g/mol. The minimum atomic E-state index is -0.255. The number of hydrogen-bond donors (Lipinski definition) is 3.